The van der Waals surface area contributed by atoms with Crippen molar-refractivity contribution in [1.82, 2.24) is 4.31 Å². The molecule has 2 atom stereocenters. The molecular formula is C13H19N3O4S. The van der Waals surface area contributed by atoms with Gasteiger partial charge in [0.1, 0.15) is 0 Å². The summed E-state index contributed by atoms with van der Waals surface area (Å²) in [5, 5.41) is 11.1. The Balaban J connectivity index is 2.59. The largest absolute Gasteiger partial charge is 0.399 e. The molecule has 1 fully saturated rings. The van der Waals surface area contributed by atoms with E-state index in [4.69, 9.17) is 5.73 Å². The first kappa shape index (κ1) is 15.7. The van der Waals surface area contributed by atoms with Crippen molar-refractivity contribution in [1.29, 1.82) is 0 Å². The summed E-state index contributed by atoms with van der Waals surface area (Å²) < 4.78 is 27.1. The summed E-state index contributed by atoms with van der Waals surface area (Å²) in [6.07, 6.45) is 2.21. The molecule has 0 aliphatic carbocycles. The summed E-state index contributed by atoms with van der Waals surface area (Å²) in [5.74, 6) is 0. The molecule has 0 radical (unpaired) electrons. The molecule has 0 aromatic heterocycles. The predicted molar refractivity (Wildman–Crippen MR) is 79.3 cm³/mol. The van der Waals surface area contributed by atoms with Crippen molar-refractivity contribution < 1.29 is 13.3 Å². The number of nitrogens with two attached hydrogens (primary N) is 1. The standard InChI is InChI=1S/C13H19N3O4S/c1-3-11-6-4-9(2)15(11)21(19,20)13-8-10(14)5-7-12(13)16(17)18/h5,7-9,11H,3-4,6,14H2,1-2H3. The lowest BCUT2D eigenvalue weighted by Gasteiger charge is -2.26. The molecule has 0 saturated carbocycles. The van der Waals surface area contributed by atoms with Crippen LogP contribution in [0.25, 0.3) is 0 Å². The molecule has 1 aliphatic heterocycles. The first-order chi connectivity index (χ1) is 9.78. The van der Waals surface area contributed by atoms with E-state index in [-0.39, 0.29) is 22.7 Å². The lowest BCUT2D eigenvalue weighted by Crippen LogP contribution is -2.39. The second kappa shape index (κ2) is 5.61. The number of nitrogens with zero attached hydrogens (tertiary/aromatic N) is 2. The van der Waals surface area contributed by atoms with Crippen LogP contribution in [-0.2, 0) is 10.0 Å². The van der Waals surface area contributed by atoms with E-state index >= 15 is 0 Å². The van der Waals surface area contributed by atoms with E-state index in [0.717, 1.165) is 18.9 Å². The van der Waals surface area contributed by atoms with E-state index in [0.29, 0.717) is 6.42 Å². The van der Waals surface area contributed by atoms with Crippen LogP contribution in [0.1, 0.15) is 33.1 Å². The van der Waals surface area contributed by atoms with Crippen LogP contribution in [0.5, 0.6) is 0 Å². The van der Waals surface area contributed by atoms with Crippen molar-refractivity contribution in [3.8, 4) is 0 Å². The molecule has 0 bridgehead atoms. The van der Waals surface area contributed by atoms with Gasteiger partial charge < -0.3 is 5.73 Å². The van der Waals surface area contributed by atoms with Gasteiger partial charge in [-0.05, 0) is 38.3 Å². The fourth-order valence-electron chi connectivity index (χ4n) is 2.87. The van der Waals surface area contributed by atoms with Gasteiger partial charge >= 0.3 is 0 Å². The van der Waals surface area contributed by atoms with Gasteiger partial charge in [-0.3, -0.25) is 10.1 Å². The quantitative estimate of drug-likeness (QED) is 0.520. The summed E-state index contributed by atoms with van der Waals surface area (Å²) in [7, 11) is -3.94. The third-order valence-electron chi connectivity index (χ3n) is 3.92. The van der Waals surface area contributed by atoms with Crippen LogP contribution >= 0.6 is 0 Å². The van der Waals surface area contributed by atoms with Crippen molar-refractivity contribution >= 4 is 21.4 Å². The molecule has 2 unspecified atom stereocenters. The van der Waals surface area contributed by atoms with E-state index in [1.807, 2.05) is 13.8 Å². The lowest BCUT2D eigenvalue weighted by molar-refractivity contribution is -0.387. The number of hydrogen-bond acceptors (Lipinski definition) is 5. The summed E-state index contributed by atoms with van der Waals surface area (Å²) in [6.45, 7) is 3.74. The molecule has 1 aliphatic rings. The zero-order valence-electron chi connectivity index (χ0n) is 12.0. The van der Waals surface area contributed by atoms with Gasteiger partial charge in [0.2, 0.25) is 10.0 Å². The Morgan fingerprint density at radius 1 is 1.43 bits per heavy atom. The molecule has 1 aromatic carbocycles. The SMILES string of the molecule is CCC1CCC(C)N1S(=O)(=O)c1cc(N)ccc1[N+](=O)[O-]. The maximum Gasteiger partial charge on any atom is 0.289 e. The first-order valence-electron chi connectivity index (χ1n) is 6.86. The highest BCUT2D eigenvalue weighted by Gasteiger charge is 2.41. The predicted octanol–water partition coefficient (Wildman–Crippen LogP) is 2.13. The van der Waals surface area contributed by atoms with Crippen LogP contribution < -0.4 is 5.73 Å². The molecule has 2 N–H and O–H groups in total. The van der Waals surface area contributed by atoms with Crippen molar-refractivity contribution in [3.63, 3.8) is 0 Å². The second-order valence-corrected chi connectivity index (χ2v) is 7.12. The van der Waals surface area contributed by atoms with Crippen LogP contribution in [0.4, 0.5) is 11.4 Å². The average molecular weight is 313 g/mol. The number of sulfonamides is 1. The number of anilines is 1. The van der Waals surface area contributed by atoms with Crippen molar-refractivity contribution in [3.05, 3.63) is 28.3 Å². The number of hydrogen-bond donors (Lipinski definition) is 1. The Hall–Kier alpha value is -1.67. The zero-order valence-corrected chi connectivity index (χ0v) is 12.8. The summed E-state index contributed by atoms with van der Waals surface area (Å²) >= 11 is 0. The van der Waals surface area contributed by atoms with E-state index in [1.54, 1.807) is 0 Å². The molecule has 2 rings (SSSR count). The van der Waals surface area contributed by atoms with Crippen LogP contribution in [-0.4, -0.2) is 29.7 Å². The smallest absolute Gasteiger partial charge is 0.289 e. The molecule has 8 heteroatoms. The van der Waals surface area contributed by atoms with Gasteiger partial charge in [0.15, 0.2) is 4.90 Å². The maximum absolute atomic E-state index is 12.9. The number of nitro groups is 1. The van der Waals surface area contributed by atoms with Gasteiger partial charge in [-0.15, -0.1) is 0 Å². The minimum absolute atomic E-state index is 0.119. The normalized spacial score (nSPS) is 23.3. The van der Waals surface area contributed by atoms with Gasteiger partial charge in [0.05, 0.1) is 4.92 Å². The Morgan fingerprint density at radius 3 is 2.67 bits per heavy atom. The summed E-state index contributed by atoms with van der Waals surface area (Å²) in [4.78, 5) is 10.1. The number of nitro benzene ring substituents is 1. The van der Waals surface area contributed by atoms with E-state index < -0.39 is 20.6 Å². The van der Waals surface area contributed by atoms with Gasteiger partial charge in [0, 0.05) is 23.8 Å². The molecule has 1 heterocycles. The average Bonchev–Trinajstić information content (AvgIpc) is 2.80. The topological polar surface area (TPSA) is 107 Å². The Kier molecular flexibility index (Phi) is 4.20. The number of rotatable bonds is 4. The third kappa shape index (κ3) is 2.73. The zero-order chi connectivity index (χ0) is 15.8. The van der Waals surface area contributed by atoms with Crippen LogP contribution in [0, 0.1) is 10.1 Å². The molecule has 0 amide bonds. The van der Waals surface area contributed by atoms with Crippen LogP contribution in [0.3, 0.4) is 0 Å². The van der Waals surface area contributed by atoms with Gasteiger partial charge in [-0.1, -0.05) is 6.92 Å². The third-order valence-corrected chi connectivity index (χ3v) is 6.02. The Labute approximate surface area is 123 Å². The maximum atomic E-state index is 12.9. The minimum Gasteiger partial charge on any atom is -0.399 e. The van der Waals surface area contributed by atoms with E-state index in [1.165, 1.54) is 16.4 Å². The highest BCUT2D eigenvalue weighted by atomic mass is 32.2. The Bertz CT molecular complexity index is 659. The fraction of sp³-hybridized carbons (Fsp3) is 0.538. The molecule has 116 valence electrons. The monoisotopic (exact) mass is 313 g/mol. The fourth-order valence-corrected chi connectivity index (χ4v) is 5.01. The number of nitrogen functional groups attached to an aromatic ring is 1. The van der Waals surface area contributed by atoms with Crippen molar-refractivity contribution in [2.45, 2.75) is 50.1 Å². The van der Waals surface area contributed by atoms with Crippen LogP contribution in [0.15, 0.2) is 23.1 Å². The molecular weight excluding hydrogens is 294 g/mol. The Morgan fingerprint density at radius 2 is 2.10 bits per heavy atom. The van der Waals surface area contributed by atoms with Gasteiger partial charge in [0.25, 0.3) is 5.69 Å². The second-order valence-electron chi connectivity index (χ2n) is 5.31. The van der Waals surface area contributed by atoms with E-state index in [9.17, 15) is 18.5 Å². The van der Waals surface area contributed by atoms with Gasteiger partial charge in [-0.2, -0.15) is 4.31 Å². The van der Waals surface area contributed by atoms with Crippen molar-refractivity contribution in [2.24, 2.45) is 0 Å². The van der Waals surface area contributed by atoms with Crippen LogP contribution in [0.2, 0.25) is 0 Å². The minimum atomic E-state index is -3.94. The first-order valence-corrected chi connectivity index (χ1v) is 8.30. The highest BCUT2D eigenvalue weighted by molar-refractivity contribution is 7.89. The summed E-state index contributed by atoms with van der Waals surface area (Å²) in [6, 6.07) is 3.36. The molecule has 0 spiro atoms. The highest BCUT2D eigenvalue weighted by Crippen LogP contribution is 2.36. The molecule has 7 nitrogen and oxygen atoms in total. The molecule has 1 saturated heterocycles. The van der Waals surface area contributed by atoms with E-state index in [2.05, 4.69) is 0 Å². The lowest BCUT2D eigenvalue weighted by atomic mass is 10.2. The summed E-state index contributed by atoms with van der Waals surface area (Å²) in [5.41, 5.74) is 5.38. The van der Waals surface area contributed by atoms with Crippen molar-refractivity contribution in [2.75, 3.05) is 5.73 Å². The molecule has 1 aromatic rings. The number of benzene rings is 1. The molecule has 21 heavy (non-hydrogen) atoms. The van der Waals surface area contributed by atoms with Gasteiger partial charge in [-0.25, -0.2) is 8.42 Å².